The molecule has 1 aromatic carbocycles. The van der Waals surface area contributed by atoms with Crippen molar-refractivity contribution in [3.8, 4) is 0 Å². The van der Waals surface area contributed by atoms with E-state index in [0.29, 0.717) is 11.8 Å². The van der Waals surface area contributed by atoms with Gasteiger partial charge in [0.05, 0.1) is 10.6 Å². The maximum absolute atomic E-state index is 12.7. The summed E-state index contributed by atoms with van der Waals surface area (Å²) < 4.78 is 38.2. The van der Waals surface area contributed by atoms with Crippen molar-refractivity contribution in [3.05, 3.63) is 28.8 Å². The third-order valence-corrected chi connectivity index (χ3v) is 4.48. The molecule has 1 N–H and O–H groups in total. The molecule has 0 aliphatic heterocycles. The maximum Gasteiger partial charge on any atom is 0.417 e. The van der Waals surface area contributed by atoms with Crippen molar-refractivity contribution < 1.29 is 18.0 Å². The molecular weight excluding hydrogens is 291 g/mol. The van der Waals surface area contributed by atoms with Gasteiger partial charge in [-0.3, -0.25) is 4.79 Å². The maximum atomic E-state index is 12.7. The van der Waals surface area contributed by atoms with E-state index in [-0.39, 0.29) is 22.5 Å². The second-order valence-electron chi connectivity index (χ2n) is 5.61. The smallest absolute Gasteiger partial charge is 0.326 e. The van der Waals surface area contributed by atoms with Crippen LogP contribution in [0.2, 0.25) is 5.02 Å². The zero-order valence-electron chi connectivity index (χ0n) is 10.5. The summed E-state index contributed by atoms with van der Waals surface area (Å²) >= 11 is 5.54. The lowest BCUT2D eigenvalue weighted by Gasteiger charge is -2.14. The van der Waals surface area contributed by atoms with Crippen LogP contribution >= 0.6 is 11.6 Å². The Morgan fingerprint density at radius 1 is 1.20 bits per heavy atom. The fraction of sp³-hybridized carbons (Fsp3) is 0.500. The van der Waals surface area contributed by atoms with Gasteiger partial charge in [-0.1, -0.05) is 11.6 Å². The Labute approximate surface area is 119 Å². The quantitative estimate of drug-likeness (QED) is 0.865. The Morgan fingerprint density at radius 2 is 1.85 bits per heavy atom. The van der Waals surface area contributed by atoms with E-state index in [2.05, 4.69) is 5.32 Å². The van der Waals surface area contributed by atoms with Gasteiger partial charge in [0.1, 0.15) is 0 Å². The third-order valence-electron chi connectivity index (χ3n) is 4.15. The molecule has 0 aromatic heterocycles. The molecule has 0 radical (unpaired) electrons. The summed E-state index contributed by atoms with van der Waals surface area (Å²) in [7, 11) is 0. The monoisotopic (exact) mass is 303 g/mol. The Hall–Kier alpha value is -1.23. The summed E-state index contributed by atoms with van der Waals surface area (Å²) in [5.74, 6) is 1.06. The molecule has 0 spiro atoms. The van der Waals surface area contributed by atoms with E-state index in [1.165, 1.54) is 12.5 Å². The number of anilines is 1. The minimum atomic E-state index is -4.52. The van der Waals surface area contributed by atoms with Gasteiger partial charge in [0, 0.05) is 11.6 Å². The van der Waals surface area contributed by atoms with E-state index in [1.807, 2.05) is 0 Å². The van der Waals surface area contributed by atoms with Crippen LogP contribution in [0.4, 0.5) is 18.9 Å². The van der Waals surface area contributed by atoms with Crippen molar-refractivity contribution in [1.29, 1.82) is 0 Å². The molecule has 2 fully saturated rings. The van der Waals surface area contributed by atoms with Gasteiger partial charge in [-0.15, -0.1) is 0 Å². The fourth-order valence-electron chi connectivity index (χ4n) is 2.99. The van der Waals surface area contributed by atoms with E-state index in [9.17, 15) is 18.0 Å². The minimum Gasteiger partial charge on any atom is -0.326 e. The molecule has 1 amide bonds. The number of carbonyl (C=O) groups excluding carboxylic acids is 1. The van der Waals surface area contributed by atoms with E-state index in [4.69, 9.17) is 11.6 Å². The zero-order chi connectivity index (χ0) is 14.5. The number of carbonyl (C=O) groups is 1. The molecule has 2 aliphatic rings. The van der Waals surface area contributed by atoms with Crippen LogP contribution in [0, 0.1) is 17.8 Å². The van der Waals surface area contributed by atoms with Crippen LogP contribution < -0.4 is 5.32 Å². The van der Waals surface area contributed by atoms with Gasteiger partial charge in [0.15, 0.2) is 0 Å². The molecule has 2 unspecified atom stereocenters. The number of alkyl halides is 3. The summed E-state index contributed by atoms with van der Waals surface area (Å²) in [6.07, 6.45) is -1.61. The predicted octanol–water partition coefficient (Wildman–Crippen LogP) is 4.34. The zero-order valence-corrected chi connectivity index (χ0v) is 11.3. The number of benzene rings is 1. The number of amides is 1. The van der Waals surface area contributed by atoms with E-state index in [0.717, 1.165) is 25.0 Å². The van der Waals surface area contributed by atoms with Gasteiger partial charge < -0.3 is 5.32 Å². The van der Waals surface area contributed by atoms with Gasteiger partial charge in [0.25, 0.3) is 0 Å². The second kappa shape index (κ2) is 4.65. The lowest BCUT2D eigenvalue weighted by atomic mass is 10.0. The normalized spacial score (nSPS) is 28.1. The number of hydrogen-bond donors (Lipinski definition) is 1. The van der Waals surface area contributed by atoms with Gasteiger partial charge in [0.2, 0.25) is 5.91 Å². The Morgan fingerprint density at radius 3 is 2.45 bits per heavy atom. The van der Waals surface area contributed by atoms with Gasteiger partial charge >= 0.3 is 6.18 Å². The lowest BCUT2D eigenvalue weighted by Crippen LogP contribution is -2.22. The van der Waals surface area contributed by atoms with Crippen LogP contribution in [-0.2, 0) is 11.0 Å². The molecule has 0 heterocycles. The first kappa shape index (κ1) is 13.7. The molecule has 6 heteroatoms. The van der Waals surface area contributed by atoms with Crippen molar-refractivity contribution >= 4 is 23.2 Å². The van der Waals surface area contributed by atoms with Gasteiger partial charge in [-0.2, -0.15) is 13.2 Å². The predicted molar refractivity (Wildman–Crippen MR) is 69.4 cm³/mol. The molecule has 2 nitrogen and oxygen atoms in total. The van der Waals surface area contributed by atoms with Crippen LogP contribution in [0.15, 0.2) is 18.2 Å². The minimum absolute atomic E-state index is 0.0660. The SMILES string of the molecule is O=C(Nc1ccc(Cl)c(C(F)(F)F)c1)C1CC2CC2C1. The molecule has 20 heavy (non-hydrogen) atoms. The molecule has 2 saturated carbocycles. The highest BCUT2D eigenvalue weighted by Gasteiger charge is 2.48. The van der Waals surface area contributed by atoms with Crippen molar-refractivity contribution in [2.75, 3.05) is 5.32 Å². The topological polar surface area (TPSA) is 29.1 Å². The van der Waals surface area contributed by atoms with Gasteiger partial charge in [-0.05, 0) is 49.3 Å². The number of rotatable bonds is 2. The lowest BCUT2D eigenvalue weighted by molar-refractivity contribution is -0.137. The Balaban J connectivity index is 1.72. The molecule has 0 saturated heterocycles. The van der Waals surface area contributed by atoms with Crippen LogP contribution in [0.3, 0.4) is 0 Å². The largest absolute Gasteiger partial charge is 0.417 e. The van der Waals surface area contributed by atoms with E-state index < -0.39 is 11.7 Å². The van der Waals surface area contributed by atoms with Crippen molar-refractivity contribution in [3.63, 3.8) is 0 Å². The number of nitrogens with one attached hydrogen (secondary N) is 1. The third kappa shape index (κ3) is 2.64. The molecule has 108 valence electrons. The van der Waals surface area contributed by atoms with Crippen molar-refractivity contribution in [1.82, 2.24) is 0 Å². The summed E-state index contributed by atoms with van der Waals surface area (Å²) in [4.78, 5) is 12.0. The fourth-order valence-corrected chi connectivity index (χ4v) is 3.22. The molecule has 3 rings (SSSR count). The summed E-state index contributed by atoms with van der Waals surface area (Å²) in [5, 5.41) is 2.20. The van der Waals surface area contributed by atoms with Crippen molar-refractivity contribution in [2.24, 2.45) is 17.8 Å². The van der Waals surface area contributed by atoms with Crippen molar-refractivity contribution in [2.45, 2.75) is 25.4 Å². The Bertz CT molecular complexity index is 548. The standard InChI is InChI=1S/C14H13ClF3NO/c15-12-2-1-10(6-11(12)14(16,17)18)19-13(20)9-4-7-3-8(7)5-9/h1-2,6-9H,3-5H2,(H,19,20). The first-order valence-electron chi connectivity index (χ1n) is 6.52. The number of fused-ring (bicyclic) bond motifs is 1. The molecule has 2 aliphatic carbocycles. The second-order valence-corrected chi connectivity index (χ2v) is 6.01. The van der Waals surface area contributed by atoms with Gasteiger partial charge in [-0.25, -0.2) is 0 Å². The Kier molecular flexibility index (Phi) is 3.20. The highest BCUT2D eigenvalue weighted by molar-refractivity contribution is 6.31. The summed E-state index contributed by atoms with van der Waals surface area (Å²) in [6.45, 7) is 0. The summed E-state index contributed by atoms with van der Waals surface area (Å²) in [5.41, 5.74) is -0.779. The molecule has 1 aromatic rings. The molecule has 0 bridgehead atoms. The molecular formula is C14H13ClF3NO. The average Bonchev–Trinajstić information content (AvgIpc) is 2.97. The summed E-state index contributed by atoms with van der Waals surface area (Å²) in [6, 6.07) is 3.44. The first-order chi connectivity index (χ1) is 9.34. The highest BCUT2D eigenvalue weighted by atomic mass is 35.5. The molecule has 2 atom stereocenters. The number of halogens is 4. The average molecular weight is 304 g/mol. The van der Waals surface area contributed by atoms with E-state index >= 15 is 0 Å². The number of hydrogen-bond acceptors (Lipinski definition) is 1. The van der Waals surface area contributed by atoms with Crippen LogP contribution in [-0.4, -0.2) is 5.91 Å². The highest BCUT2D eigenvalue weighted by Crippen LogP contribution is 2.54. The first-order valence-corrected chi connectivity index (χ1v) is 6.90. The van der Waals surface area contributed by atoms with E-state index in [1.54, 1.807) is 0 Å². The van der Waals surface area contributed by atoms with Crippen LogP contribution in [0.25, 0.3) is 0 Å². The van der Waals surface area contributed by atoms with Crippen LogP contribution in [0.5, 0.6) is 0 Å². The van der Waals surface area contributed by atoms with Crippen LogP contribution in [0.1, 0.15) is 24.8 Å².